The van der Waals surface area contributed by atoms with Crippen LogP contribution in [0.15, 0.2) is 30.5 Å². The minimum Gasteiger partial charge on any atom is -0.383 e. The average Bonchev–Trinajstić information content (AvgIpc) is 3.01. The molecule has 1 aliphatic heterocycles. The summed E-state index contributed by atoms with van der Waals surface area (Å²) in [7, 11) is 1.71. The lowest BCUT2D eigenvalue weighted by Crippen LogP contribution is -2.55. The lowest BCUT2D eigenvalue weighted by molar-refractivity contribution is -0.130. The van der Waals surface area contributed by atoms with Gasteiger partial charge in [-0.1, -0.05) is 13.8 Å². The van der Waals surface area contributed by atoms with E-state index in [1.165, 1.54) is 0 Å². The van der Waals surface area contributed by atoms with Crippen molar-refractivity contribution >= 4 is 22.5 Å². The van der Waals surface area contributed by atoms with Gasteiger partial charge in [0.05, 0.1) is 24.9 Å². The summed E-state index contributed by atoms with van der Waals surface area (Å²) in [6.45, 7) is 11.4. The summed E-state index contributed by atoms with van der Waals surface area (Å²) in [5, 5.41) is 4.25. The highest BCUT2D eigenvalue weighted by Gasteiger charge is 2.34. The summed E-state index contributed by atoms with van der Waals surface area (Å²) < 4.78 is 13.2. The van der Waals surface area contributed by atoms with Gasteiger partial charge in [-0.25, -0.2) is 0 Å². The van der Waals surface area contributed by atoms with Gasteiger partial charge >= 0.3 is 0 Å². The normalized spacial score (nSPS) is 21.9. The maximum atomic E-state index is 13.1. The summed E-state index contributed by atoms with van der Waals surface area (Å²) in [5.74, 6) is 0.269. The number of methoxy groups -OCH3 is 1. The van der Waals surface area contributed by atoms with Gasteiger partial charge in [-0.05, 0) is 44.0 Å². The van der Waals surface area contributed by atoms with Gasteiger partial charge in [-0.3, -0.25) is 9.69 Å². The molecule has 1 fully saturated rings. The summed E-state index contributed by atoms with van der Waals surface area (Å²) in [5.41, 5.74) is 1.98. The van der Waals surface area contributed by atoms with E-state index in [1.54, 1.807) is 7.11 Å². The Hall–Kier alpha value is -1.89. The van der Waals surface area contributed by atoms with Crippen LogP contribution < -0.4 is 5.32 Å². The molecule has 1 aromatic carbocycles. The molecule has 1 amide bonds. The van der Waals surface area contributed by atoms with E-state index in [9.17, 15) is 4.79 Å². The number of nitrogens with one attached hydrogen (secondary N) is 1. The lowest BCUT2D eigenvalue weighted by atomic mass is 9.99. The Kier molecular flexibility index (Phi) is 6.75. The molecule has 1 N–H and O–H groups in total. The fourth-order valence-electron chi connectivity index (χ4n) is 4.21. The molecule has 0 spiro atoms. The number of morpholine rings is 1. The highest BCUT2D eigenvalue weighted by atomic mass is 16.5. The molecule has 3 rings (SSSR count). The second kappa shape index (κ2) is 9.07. The number of aromatic nitrogens is 1. The van der Waals surface area contributed by atoms with Crippen molar-refractivity contribution in [3.05, 3.63) is 30.5 Å². The van der Waals surface area contributed by atoms with Gasteiger partial charge in [-0.2, -0.15) is 0 Å². The van der Waals surface area contributed by atoms with Crippen molar-refractivity contribution in [3.63, 3.8) is 0 Å². The first kappa shape index (κ1) is 20.8. The molecule has 0 bridgehead atoms. The summed E-state index contributed by atoms with van der Waals surface area (Å²) in [4.78, 5) is 15.4. The number of amides is 1. The van der Waals surface area contributed by atoms with Gasteiger partial charge in [0.15, 0.2) is 0 Å². The maximum absolute atomic E-state index is 13.1. The number of anilines is 1. The van der Waals surface area contributed by atoms with Crippen LogP contribution in [0.1, 0.15) is 27.7 Å². The Bertz CT molecular complexity index is 791. The average molecular weight is 388 g/mol. The zero-order valence-corrected chi connectivity index (χ0v) is 17.6. The third-order valence-electron chi connectivity index (χ3n) is 5.32. The van der Waals surface area contributed by atoms with Crippen molar-refractivity contribution in [1.82, 2.24) is 9.47 Å². The quantitative estimate of drug-likeness (QED) is 0.792. The van der Waals surface area contributed by atoms with Gasteiger partial charge in [-0.15, -0.1) is 0 Å². The summed E-state index contributed by atoms with van der Waals surface area (Å²) in [6, 6.07) is 7.98. The second-order valence-electron chi connectivity index (χ2n) is 8.16. The van der Waals surface area contributed by atoms with E-state index in [1.807, 2.05) is 12.1 Å². The molecule has 6 heteroatoms. The molecule has 1 aliphatic rings. The molecule has 154 valence electrons. The molecule has 3 unspecified atom stereocenters. The molecule has 0 radical (unpaired) electrons. The number of ether oxygens (including phenoxy) is 2. The van der Waals surface area contributed by atoms with Gasteiger partial charge in [0, 0.05) is 49.5 Å². The fourth-order valence-corrected chi connectivity index (χ4v) is 4.21. The van der Waals surface area contributed by atoms with Crippen LogP contribution in [0, 0.1) is 5.92 Å². The monoisotopic (exact) mass is 387 g/mol. The molecule has 6 nitrogen and oxygen atoms in total. The number of fused-ring (bicyclic) bond motifs is 1. The van der Waals surface area contributed by atoms with Crippen molar-refractivity contribution < 1.29 is 14.3 Å². The number of carbonyl (C=O) groups excluding carboxylic acids is 1. The van der Waals surface area contributed by atoms with Crippen LogP contribution in [0.5, 0.6) is 0 Å². The van der Waals surface area contributed by atoms with Crippen LogP contribution in [0.25, 0.3) is 10.9 Å². The largest absolute Gasteiger partial charge is 0.383 e. The van der Waals surface area contributed by atoms with Crippen molar-refractivity contribution in [2.24, 2.45) is 5.92 Å². The molecular formula is C22H33N3O3. The molecule has 0 saturated carbocycles. The van der Waals surface area contributed by atoms with Gasteiger partial charge in [0.25, 0.3) is 0 Å². The van der Waals surface area contributed by atoms with E-state index in [0.29, 0.717) is 6.61 Å². The fraction of sp³-hybridized carbons (Fsp3) is 0.591. The predicted octanol–water partition coefficient (Wildman–Crippen LogP) is 3.36. The van der Waals surface area contributed by atoms with Crippen LogP contribution in [0.4, 0.5) is 5.69 Å². The number of benzene rings is 1. The highest BCUT2D eigenvalue weighted by Crippen LogP contribution is 2.23. The molecule has 1 aromatic heterocycles. The third kappa shape index (κ3) is 4.74. The van der Waals surface area contributed by atoms with E-state index in [-0.39, 0.29) is 30.1 Å². The van der Waals surface area contributed by atoms with Crippen LogP contribution in [-0.2, 0) is 20.8 Å². The van der Waals surface area contributed by atoms with Crippen molar-refractivity contribution in [3.8, 4) is 0 Å². The summed E-state index contributed by atoms with van der Waals surface area (Å²) in [6.07, 6.45) is 2.34. The number of carbonyl (C=O) groups is 1. The van der Waals surface area contributed by atoms with Gasteiger partial charge in [0.2, 0.25) is 5.91 Å². The first-order valence-corrected chi connectivity index (χ1v) is 10.2. The summed E-state index contributed by atoms with van der Waals surface area (Å²) >= 11 is 0. The molecule has 2 heterocycles. The number of hydrogen-bond donors (Lipinski definition) is 1. The Morgan fingerprint density at radius 3 is 2.61 bits per heavy atom. The zero-order valence-electron chi connectivity index (χ0n) is 17.6. The third-order valence-corrected chi connectivity index (χ3v) is 5.32. The second-order valence-corrected chi connectivity index (χ2v) is 8.16. The Balaban J connectivity index is 1.74. The lowest BCUT2D eigenvalue weighted by Gasteiger charge is -2.41. The minimum absolute atomic E-state index is 0.0504. The van der Waals surface area contributed by atoms with E-state index in [0.717, 1.165) is 36.2 Å². The van der Waals surface area contributed by atoms with E-state index < -0.39 is 0 Å². The predicted molar refractivity (Wildman–Crippen MR) is 113 cm³/mol. The molecule has 0 aliphatic carbocycles. The Morgan fingerprint density at radius 2 is 1.96 bits per heavy atom. The first-order valence-electron chi connectivity index (χ1n) is 10.2. The number of nitrogens with zero attached hydrogens (tertiary/aromatic N) is 2. The first-order chi connectivity index (χ1) is 13.4. The van der Waals surface area contributed by atoms with E-state index in [4.69, 9.17) is 9.47 Å². The topological polar surface area (TPSA) is 55.7 Å². The standard InChI is InChI=1S/C22H33N3O3/c1-15(2)21(25-13-16(3)28-17(4)14-25)22(26)23-19-6-7-20-18(12-19)8-9-24(20)10-11-27-5/h6-9,12,15-17,21H,10-11,13-14H2,1-5H3,(H,23,26). The van der Waals surface area contributed by atoms with E-state index in [2.05, 4.69) is 60.8 Å². The molecular weight excluding hydrogens is 354 g/mol. The molecule has 28 heavy (non-hydrogen) atoms. The number of hydrogen-bond acceptors (Lipinski definition) is 4. The van der Waals surface area contributed by atoms with Gasteiger partial charge < -0.3 is 19.4 Å². The van der Waals surface area contributed by atoms with Crippen LogP contribution in [0.2, 0.25) is 0 Å². The van der Waals surface area contributed by atoms with Crippen molar-refractivity contribution in [2.75, 3.05) is 32.1 Å². The van der Waals surface area contributed by atoms with Crippen molar-refractivity contribution in [2.45, 2.75) is 52.5 Å². The smallest absolute Gasteiger partial charge is 0.241 e. The zero-order chi connectivity index (χ0) is 20.3. The minimum atomic E-state index is -0.171. The van der Waals surface area contributed by atoms with Crippen LogP contribution >= 0.6 is 0 Å². The van der Waals surface area contributed by atoms with Gasteiger partial charge in [0.1, 0.15) is 0 Å². The van der Waals surface area contributed by atoms with Crippen molar-refractivity contribution in [1.29, 1.82) is 0 Å². The molecule has 3 atom stereocenters. The van der Waals surface area contributed by atoms with E-state index >= 15 is 0 Å². The van der Waals surface area contributed by atoms with Crippen LogP contribution in [-0.4, -0.2) is 60.4 Å². The number of rotatable bonds is 7. The molecule has 1 saturated heterocycles. The maximum Gasteiger partial charge on any atom is 0.241 e. The highest BCUT2D eigenvalue weighted by molar-refractivity contribution is 5.97. The molecule has 2 aromatic rings. The Morgan fingerprint density at radius 1 is 1.25 bits per heavy atom. The van der Waals surface area contributed by atoms with Crippen LogP contribution in [0.3, 0.4) is 0 Å². The Labute approximate surface area is 167 Å². The SMILES string of the molecule is COCCn1ccc2cc(NC(=O)C(C(C)C)N3CC(C)OC(C)C3)ccc21.